The summed E-state index contributed by atoms with van der Waals surface area (Å²) in [4.78, 5) is 19.9. The number of benzene rings is 1. The Labute approximate surface area is 212 Å². The Hall–Kier alpha value is -2.49. The lowest BCUT2D eigenvalue weighted by Gasteiger charge is -2.43. The number of aromatic nitrogens is 2. The van der Waals surface area contributed by atoms with Crippen LogP contribution in [0, 0.1) is 5.82 Å². The summed E-state index contributed by atoms with van der Waals surface area (Å²) in [6, 6.07) is 6.51. The Morgan fingerprint density at radius 2 is 1.89 bits per heavy atom. The Morgan fingerprint density at radius 3 is 2.64 bits per heavy atom. The number of ether oxygens (including phenoxy) is 2. The van der Waals surface area contributed by atoms with Gasteiger partial charge in [0.25, 0.3) is 0 Å². The highest BCUT2D eigenvalue weighted by molar-refractivity contribution is 5.77. The summed E-state index contributed by atoms with van der Waals surface area (Å²) in [5.41, 5.74) is 0.414. The summed E-state index contributed by atoms with van der Waals surface area (Å²) in [7, 11) is 2.08. The minimum absolute atomic E-state index is 0.0988. The molecule has 1 unspecified atom stereocenters. The average molecular weight is 500 g/mol. The molecule has 5 rings (SSSR count). The van der Waals surface area contributed by atoms with Gasteiger partial charge < -0.3 is 19.3 Å². The van der Waals surface area contributed by atoms with E-state index in [1.807, 2.05) is 11.1 Å². The molecule has 1 atom stereocenters. The summed E-state index contributed by atoms with van der Waals surface area (Å²) in [6.45, 7) is 6.11. The minimum atomic E-state index is -0.769. The predicted molar refractivity (Wildman–Crippen MR) is 134 cm³/mol. The van der Waals surface area contributed by atoms with E-state index in [4.69, 9.17) is 9.47 Å². The van der Waals surface area contributed by atoms with E-state index in [1.54, 1.807) is 12.1 Å². The molecule has 36 heavy (non-hydrogen) atoms. The largest absolute Gasteiger partial charge is 0.491 e. The number of carbonyl (C=O) groups is 1. The van der Waals surface area contributed by atoms with Crippen molar-refractivity contribution in [2.45, 2.75) is 50.3 Å². The number of morpholine rings is 1. The van der Waals surface area contributed by atoms with Crippen LogP contribution in [-0.4, -0.2) is 95.5 Å². The summed E-state index contributed by atoms with van der Waals surface area (Å²) in [5.74, 6) is 0.364. The van der Waals surface area contributed by atoms with Crippen LogP contribution in [0.4, 0.5) is 4.39 Å². The molecule has 0 bridgehead atoms. The first-order valence-corrected chi connectivity index (χ1v) is 13.2. The minimum Gasteiger partial charge on any atom is -0.491 e. The molecule has 1 aromatic heterocycles. The zero-order valence-corrected chi connectivity index (χ0v) is 21.3. The molecule has 0 spiro atoms. The lowest BCUT2D eigenvalue weighted by molar-refractivity contribution is -0.157. The third kappa shape index (κ3) is 6.25. The quantitative estimate of drug-likeness (QED) is 0.557. The molecule has 3 aliphatic rings. The van der Waals surface area contributed by atoms with E-state index in [-0.39, 0.29) is 24.8 Å². The first-order valence-electron chi connectivity index (χ1n) is 13.2. The van der Waals surface area contributed by atoms with Gasteiger partial charge >= 0.3 is 0 Å². The van der Waals surface area contributed by atoms with Crippen molar-refractivity contribution in [1.82, 2.24) is 24.5 Å². The number of amides is 1. The fourth-order valence-electron chi connectivity index (χ4n) is 5.58. The topological polar surface area (TPSA) is 63.1 Å². The van der Waals surface area contributed by atoms with Crippen LogP contribution in [0.15, 0.2) is 36.7 Å². The van der Waals surface area contributed by atoms with E-state index in [1.165, 1.54) is 43.4 Å². The molecular formula is C27H38FN5O3. The van der Waals surface area contributed by atoms with Crippen LogP contribution in [0.25, 0.3) is 0 Å². The molecular weight excluding hydrogens is 461 g/mol. The Bertz CT molecular complexity index is 1000. The maximum Gasteiger partial charge on any atom is 0.225 e. The van der Waals surface area contributed by atoms with Crippen LogP contribution in [-0.2, 0) is 16.1 Å². The van der Waals surface area contributed by atoms with Gasteiger partial charge in [0.2, 0.25) is 5.91 Å². The number of hydrogen-bond acceptors (Lipinski definition) is 6. The molecule has 8 nitrogen and oxygen atoms in total. The zero-order valence-electron chi connectivity index (χ0n) is 21.3. The van der Waals surface area contributed by atoms with Crippen molar-refractivity contribution < 1.29 is 18.7 Å². The van der Waals surface area contributed by atoms with Crippen molar-refractivity contribution in [3.05, 3.63) is 48.0 Å². The van der Waals surface area contributed by atoms with Gasteiger partial charge in [0.05, 0.1) is 25.3 Å². The van der Waals surface area contributed by atoms with Crippen LogP contribution in [0.5, 0.6) is 5.75 Å². The highest BCUT2D eigenvalue weighted by Crippen LogP contribution is 2.30. The third-order valence-electron chi connectivity index (χ3n) is 7.73. The summed E-state index contributed by atoms with van der Waals surface area (Å²) in [5, 5.41) is 4.64. The number of likely N-dealkylation sites (N-methyl/N-ethyl adjacent to an activating group) is 1. The molecule has 2 aromatic rings. The van der Waals surface area contributed by atoms with Crippen LogP contribution < -0.4 is 4.74 Å². The number of piperazine rings is 1. The highest BCUT2D eigenvalue weighted by atomic mass is 19.1. The monoisotopic (exact) mass is 499 g/mol. The number of carbonyl (C=O) groups excluding carboxylic acids is 1. The van der Waals surface area contributed by atoms with E-state index in [9.17, 15) is 9.18 Å². The Morgan fingerprint density at radius 1 is 1.14 bits per heavy atom. The normalized spacial score (nSPS) is 24.3. The molecule has 0 radical (unpaired) electrons. The average Bonchev–Trinajstić information content (AvgIpc) is 3.57. The maximum absolute atomic E-state index is 13.4. The van der Waals surface area contributed by atoms with Crippen LogP contribution in [0.2, 0.25) is 0 Å². The standard InChI is InChI=1S/C27H38FN5O3/c1-30-10-12-32(13-11-30)26(34)16-27(21-35-25-8-6-23(28)7-9-25)20-31(14-15-36-27)18-22-17-29-33(19-22)24-4-2-3-5-24/h6-9,17,19,24H,2-5,10-16,18,20-21H2,1H3. The predicted octanol–water partition coefficient (Wildman–Crippen LogP) is 2.95. The molecule has 2 saturated heterocycles. The van der Waals surface area contributed by atoms with Gasteiger partial charge in [-0.3, -0.25) is 14.4 Å². The molecule has 196 valence electrons. The number of nitrogens with zero attached hydrogens (tertiary/aromatic N) is 5. The van der Waals surface area contributed by atoms with Crippen molar-refractivity contribution in [3.63, 3.8) is 0 Å². The van der Waals surface area contributed by atoms with Gasteiger partial charge in [0.15, 0.2) is 0 Å². The molecule has 1 amide bonds. The van der Waals surface area contributed by atoms with E-state index >= 15 is 0 Å². The zero-order chi connectivity index (χ0) is 25.0. The molecule has 1 saturated carbocycles. The molecule has 9 heteroatoms. The number of hydrogen-bond donors (Lipinski definition) is 0. The summed E-state index contributed by atoms with van der Waals surface area (Å²) >= 11 is 0. The Balaban J connectivity index is 1.27. The molecule has 1 aliphatic carbocycles. The second kappa shape index (κ2) is 11.3. The van der Waals surface area contributed by atoms with Crippen molar-refractivity contribution in [2.75, 3.05) is 59.5 Å². The van der Waals surface area contributed by atoms with Gasteiger partial charge in [-0.15, -0.1) is 0 Å². The second-order valence-electron chi connectivity index (χ2n) is 10.6. The van der Waals surface area contributed by atoms with E-state index in [0.717, 1.165) is 39.3 Å². The third-order valence-corrected chi connectivity index (χ3v) is 7.73. The second-order valence-corrected chi connectivity index (χ2v) is 10.6. The van der Waals surface area contributed by atoms with Crippen LogP contribution >= 0.6 is 0 Å². The van der Waals surface area contributed by atoms with Gasteiger partial charge in [-0.25, -0.2) is 4.39 Å². The fourth-order valence-corrected chi connectivity index (χ4v) is 5.58. The van der Waals surface area contributed by atoms with Gasteiger partial charge in [-0.1, -0.05) is 12.8 Å². The van der Waals surface area contributed by atoms with Crippen molar-refractivity contribution in [2.24, 2.45) is 0 Å². The first kappa shape index (κ1) is 25.2. The number of rotatable bonds is 8. The van der Waals surface area contributed by atoms with Gasteiger partial charge in [0.1, 0.15) is 23.8 Å². The highest BCUT2D eigenvalue weighted by Gasteiger charge is 2.41. The van der Waals surface area contributed by atoms with Gasteiger partial charge in [-0.05, 0) is 44.2 Å². The lowest BCUT2D eigenvalue weighted by atomic mass is 9.96. The van der Waals surface area contributed by atoms with Crippen molar-refractivity contribution in [3.8, 4) is 5.75 Å². The molecule has 2 aliphatic heterocycles. The van der Waals surface area contributed by atoms with E-state index < -0.39 is 5.60 Å². The summed E-state index contributed by atoms with van der Waals surface area (Å²) < 4.78 is 27.9. The molecule has 3 heterocycles. The molecule has 3 fully saturated rings. The first-order chi connectivity index (χ1) is 17.5. The molecule has 1 aromatic carbocycles. The van der Waals surface area contributed by atoms with Crippen LogP contribution in [0.3, 0.4) is 0 Å². The van der Waals surface area contributed by atoms with E-state index in [0.29, 0.717) is 24.9 Å². The SMILES string of the molecule is CN1CCN(C(=O)CC2(COc3ccc(F)cc3)CN(Cc3cnn(C4CCCC4)c3)CCO2)CC1. The van der Waals surface area contributed by atoms with Gasteiger partial charge in [0, 0.05) is 57.6 Å². The number of halogens is 1. The van der Waals surface area contributed by atoms with Crippen molar-refractivity contribution >= 4 is 5.91 Å². The van der Waals surface area contributed by atoms with E-state index in [2.05, 4.69) is 32.8 Å². The maximum atomic E-state index is 13.4. The fraction of sp³-hybridized carbons (Fsp3) is 0.630. The Kier molecular flexibility index (Phi) is 7.88. The van der Waals surface area contributed by atoms with Crippen molar-refractivity contribution in [1.29, 1.82) is 0 Å². The smallest absolute Gasteiger partial charge is 0.225 e. The molecule has 0 N–H and O–H groups in total. The van der Waals surface area contributed by atoms with Gasteiger partial charge in [-0.2, -0.15) is 5.10 Å². The summed E-state index contributed by atoms with van der Waals surface area (Å²) in [6.07, 6.45) is 9.38. The lowest BCUT2D eigenvalue weighted by Crippen LogP contribution is -2.58. The van der Waals surface area contributed by atoms with Crippen LogP contribution in [0.1, 0.15) is 43.7 Å².